The van der Waals surface area contributed by atoms with Crippen LogP contribution >= 0.6 is 47.8 Å². The SMILES string of the molecule is O=C(CCc1cc(Br)c(O)c(Br)c1)c1c(O[C@@H]2O[C@H](CO)[C@@H](O)[C@H](O)[C@H]2O)cc(O)c(Br)c1O. The molecule has 1 aliphatic rings. The molecule has 3 rings (SSSR count). The highest BCUT2D eigenvalue weighted by Gasteiger charge is 2.45. The van der Waals surface area contributed by atoms with Crippen molar-refractivity contribution in [1.82, 2.24) is 0 Å². The Balaban J connectivity index is 1.89. The molecular formula is C21H21Br3O10. The molecule has 1 aliphatic heterocycles. The van der Waals surface area contributed by atoms with E-state index >= 15 is 0 Å². The Hall–Kier alpha value is -1.45. The van der Waals surface area contributed by atoms with E-state index in [1.807, 2.05) is 0 Å². The Kier molecular flexibility index (Phi) is 8.85. The molecule has 0 spiro atoms. The molecule has 10 nitrogen and oxygen atoms in total. The topological polar surface area (TPSA) is 177 Å². The van der Waals surface area contributed by atoms with Gasteiger partial charge in [0.2, 0.25) is 6.29 Å². The molecule has 0 unspecified atom stereocenters. The van der Waals surface area contributed by atoms with Crippen molar-refractivity contribution in [2.75, 3.05) is 6.61 Å². The van der Waals surface area contributed by atoms with Gasteiger partial charge in [0.1, 0.15) is 57.5 Å². The Morgan fingerprint density at radius 3 is 2.15 bits per heavy atom. The summed E-state index contributed by atoms with van der Waals surface area (Å²) in [4.78, 5) is 13.1. The third-order valence-corrected chi connectivity index (χ3v) is 7.26. The van der Waals surface area contributed by atoms with E-state index in [1.54, 1.807) is 12.1 Å². The number of aromatic hydroxyl groups is 3. The van der Waals surface area contributed by atoms with Crippen molar-refractivity contribution in [2.45, 2.75) is 43.5 Å². The second-order valence-electron chi connectivity index (χ2n) is 7.58. The fourth-order valence-electron chi connectivity index (χ4n) is 3.40. The number of carbonyl (C=O) groups is 1. The second-order valence-corrected chi connectivity index (χ2v) is 10.1. The van der Waals surface area contributed by atoms with Crippen LogP contribution in [-0.2, 0) is 11.2 Å². The van der Waals surface area contributed by atoms with E-state index in [0.29, 0.717) is 14.5 Å². The maximum Gasteiger partial charge on any atom is 0.229 e. The Bertz CT molecular complexity index is 1050. The van der Waals surface area contributed by atoms with E-state index in [9.17, 15) is 40.5 Å². The van der Waals surface area contributed by atoms with Gasteiger partial charge < -0.3 is 45.2 Å². The van der Waals surface area contributed by atoms with Crippen molar-refractivity contribution < 1.29 is 50.0 Å². The van der Waals surface area contributed by atoms with Gasteiger partial charge in [-0.3, -0.25) is 4.79 Å². The van der Waals surface area contributed by atoms with Gasteiger partial charge in [-0.15, -0.1) is 0 Å². The Morgan fingerprint density at radius 1 is 0.941 bits per heavy atom. The molecule has 13 heteroatoms. The van der Waals surface area contributed by atoms with Gasteiger partial charge in [-0.2, -0.15) is 0 Å². The van der Waals surface area contributed by atoms with Crippen molar-refractivity contribution in [3.05, 3.63) is 42.7 Å². The number of hydrogen-bond acceptors (Lipinski definition) is 10. The molecular weight excluding hydrogens is 652 g/mol. The molecule has 0 radical (unpaired) electrons. The van der Waals surface area contributed by atoms with Gasteiger partial charge >= 0.3 is 0 Å². The highest BCUT2D eigenvalue weighted by molar-refractivity contribution is 9.11. The first-order chi connectivity index (χ1) is 16.0. The van der Waals surface area contributed by atoms with Crippen LogP contribution in [0.15, 0.2) is 31.6 Å². The van der Waals surface area contributed by atoms with E-state index < -0.39 is 54.6 Å². The first-order valence-corrected chi connectivity index (χ1v) is 12.3. The van der Waals surface area contributed by atoms with Crippen LogP contribution in [0.25, 0.3) is 0 Å². The number of carbonyl (C=O) groups excluding carboxylic acids is 1. The predicted octanol–water partition coefficient (Wildman–Crippen LogP) is 2.09. The van der Waals surface area contributed by atoms with Crippen molar-refractivity contribution in [3.8, 4) is 23.0 Å². The zero-order valence-electron chi connectivity index (χ0n) is 17.2. The van der Waals surface area contributed by atoms with Crippen LogP contribution in [0.3, 0.4) is 0 Å². The maximum atomic E-state index is 13.1. The number of Topliss-reactive ketones (excluding diaryl/α,β-unsaturated/α-hetero) is 1. The first-order valence-electron chi connectivity index (χ1n) is 9.87. The maximum absolute atomic E-state index is 13.1. The normalized spacial score (nSPS) is 24.7. The number of aliphatic hydroxyl groups is 4. The first kappa shape index (κ1) is 27.1. The fourth-order valence-corrected chi connectivity index (χ4v) is 5.00. The van der Waals surface area contributed by atoms with Gasteiger partial charge in [0.05, 0.1) is 15.6 Å². The lowest BCUT2D eigenvalue weighted by atomic mass is 9.99. The van der Waals surface area contributed by atoms with Gasteiger partial charge in [0, 0.05) is 12.5 Å². The minimum absolute atomic E-state index is 0.00500. The van der Waals surface area contributed by atoms with Gasteiger partial charge in [0.15, 0.2) is 5.78 Å². The van der Waals surface area contributed by atoms with Crippen molar-refractivity contribution in [2.24, 2.45) is 0 Å². The van der Waals surface area contributed by atoms with E-state index in [4.69, 9.17) is 9.47 Å². The lowest BCUT2D eigenvalue weighted by molar-refractivity contribution is -0.277. The summed E-state index contributed by atoms with van der Waals surface area (Å²) in [6, 6.07) is 4.28. The zero-order valence-corrected chi connectivity index (χ0v) is 22.0. The van der Waals surface area contributed by atoms with Crippen LogP contribution < -0.4 is 4.74 Å². The van der Waals surface area contributed by atoms with Gasteiger partial charge in [-0.1, -0.05) is 0 Å². The summed E-state index contributed by atoms with van der Waals surface area (Å²) in [7, 11) is 0. The number of hydrogen-bond donors (Lipinski definition) is 7. The largest absolute Gasteiger partial charge is 0.506 e. The molecule has 2 aromatic rings. The third-order valence-electron chi connectivity index (χ3n) is 5.27. The average molecular weight is 673 g/mol. The average Bonchev–Trinajstić information content (AvgIpc) is 2.79. The monoisotopic (exact) mass is 670 g/mol. The predicted molar refractivity (Wildman–Crippen MR) is 128 cm³/mol. The number of ether oxygens (including phenoxy) is 2. The van der Waals surface area contributed by atoms with Crippen LogP contribution in [0, 0.1) is 0 Å². The molecule has 5 atom stereocenters. The minimum Gasteiger partial charge on any atom is -0.506 e. The fraction of sp³-hybridized carbons (Fsp3) is 0.381. The smallest absolute Gasteiger partial charge is 0.229 e. The zero-order chi connectivity index (χ0) is 25.3. The van der Waals surface area contributed by atoms with Gasteiger partial charge in [0.25, 0.3) is 0 Å². The number of phenolic OH excluding ortho intramolecular Hbond substituents is 3. The molecule has 0 aromatic heterocycles. The van der Waals surface area contributed by atoms with Crippen LogP contribution in [-0.4, -0.2) is 78.8 Å². The molecule has 1 heterocycles. The van der Waals surface area contributed by atoms with Gasteiger partial charge in [-0.25, -0.2) is 0 Å². The number of aliphatic hydroxyl groups excluding tert-OH is 4. The summed E-state index contributed by atoms with van der Waals surface area (Å²) < 4.78 is 11.5. The molecule has 0 amide bonds. The highest BCUT2D eigenvalue weighted by atomic mass is 79.9. The molecule has 186 valence electrons. The molecule has 0 aliphatic carbocycles. The standard InChI is InChI=1S/C21H21Br3O10/c22-8-3-7(4-9(23)16(8)28)1-2-10(26)14-12(5-11(27)15(24)18(14)30)33-21-20(32)19(31)17(29)13(6-25)34-21/h3-5,13,17,19-21,25,27-32H,1-2,6H2/t13-,17-,19+,20-,21-/m1/s1. The summed E-state index contributed by atoms with van der Waals surface area (Å²) in [5.74, 6) is -2.01. The summed E-state index contributed by atoms with van der Waals surface area (Å²) >= 11 is 9.43. The van der Waals surface area contributed by atoms with Crippen molar-refractivity contribution >= 4 is 53.6 Å². The summed E-state index contributed by atoms with van der Waals surface area (Å²) in [6.07, 6.45) is -7.89. The second kappa shape index (κ2) is 11.1. The minimum atomic E-state index is -1.76. The summed E-state index contributed by atoms with van der Waals surface area (Å²) in [5.41, 5.74) is 0.372. The molecule has 0 saturated carbocycles. The molecule has 1 saturated heterocycles. The molecule has 1 fully saturated rings. The lowest BCUT2D eigenvalue weighted by Gasteiger charge is -2.39. The van der Waals surface area contributed by atoms with Crippen LogP contribution in [0.5, 0.6) is 23.0 Å². The summed E-state index contributed by atoms with van der Waals surface area (Å²) in [6.45, 7) is -0.689. The van der Waals surface area contributed by atoms with E-state index in [1.165, 1.54) is 0 Å². The summed E-state index contributed by atoms with van der Waals surface area (Å²) in [5, 5.41) is 70.0. The number of benzene rings is 2. The number of rotatable bonds is 7. The lowest BCUT2D eigenvalue weighted by Crippen LogP contribution is -2.60. The van der Waals surface area contributed by atoms with Crippen LogP contribution in [0.4, 0.5) is 0 Å². The third kappa shape index (κ3) is 5.51. The van der Waals surface area contributed by atoms with E-state index in [2.05, 4.69) is 47.8 Å². The Labute approximate surface area is 218 Å². The number of halogens is 3. The highest BCUT2D eigenvalue weighted by Crippen LogP contribution is 2.43. The number of phenols is 3. The van der Waals surface area contributed by atoms with E-state index in [0.717, 1.165) is 6.07 Å². The van der Waals surface area contributed by atoms with E-state index in [-0.39, 0.29) is 34.4 Å². The quantitative estimate of drug-likeness (QED) is 0.216. The van der Waals surface area contributed by atoms with Crippen LogP contribution in [0.2, 0.25) is 0 Å². The molecule has 34 heavy (non-hydrogen) atoms. The molecule has 2 aromatic carbocycles. The Morgan fingerprint density at radius 2 is 1.56 bits per heavy atom. The van der Waals surface area contributed by atoms with Gasteiger partial charge in [-0.05, 0) is 71.9 Å². The van der Waals surface area contributed by atoms with Crippen molar-refractivity contribution in [3.63, 3.8) is 0 Å². The number of aryl methyl sites for hydroxylation is 1. The molecule has 0 bridgehead atoms. The van der Waals surface area contributed by atoms with Crippen LogP contribution in [0.1, 0.15) is 22.3 Å². The number of ketones is 1. The van der Waals surface area contributed by atoms with Crippen molar-refractivity contribution in [1.29, 1.82) is 0 Å². The molecule has 7 N–H and O–H groups in total.